The zero-order chi connectivity index (χ0) is 33.1. The van der Waals surface area contributed by atoms with Gasteiger partial charge in [0.1, 0.15) is 19.1 Å². The van der Waals surface area contributed by atoms with Gasteiger partial charge in [0.05, 0.1) is 18.6 Å². The maximum absolute atomic E-state index is 14.3. The van der Waals surface area contributed by atoms with Crippen LogP contribution in [0.25, 0.3) is 10.9 Å². The maximum Gasteiger partial charge on any atom is 0.334 e. The van der Waals surface area contributed by atoms with Gasteiger partial charge in [-0.3, -0.25) is 13.6 Å². The Morgan fingerprint density at radius 3 is 2.59 bits per heavy atom. The molecule has 4 aromatic rings. The zero-order valence-corrected chi connectivity index (χ0v) is 25.9. The SMILES string of the molecule is [3H]Sn1ccc2cccc(CN3C[C@H]4N(C(=O)CN(CC=C)N4C(=O)NCc4ccc(C#C)cc4)[C@@H](Cc4ccc(O)cc4)C3=O)c21. The first-order valence-electron chi connectivity index (χ1n) is 15.3. The quantitative estimate of drug-likeness (QED) is 0.148. The number of hydrazine groups is 1. The van der Waals surface area contributed by atoms with Crippen molar-refractivity contribution < 1.29 is 19.5 Å². The van der Waals surface area contributed by atoms with E-state index < -0.39 is 18.2 Å². The zero-order valence-electron chi connectivity index (χ0n) is 26.1. The monoisotopic (exact) mass is 636 g/mol. The van der Waals surface area contributed by atoms with Gasteiger partial charge in [-0.05, 0) is 47.0 Å². The summed E-state index contributed by atoms with van der Waals surface area (Å²) < 4.78 is 9.68. The number of benzene rings is 3. The van der Waals surface area contributed by atoms with E-state index in [1.807, 2.05) is 54.7 Å². The topological polar surface area (TPSA) is 101 Å². The van der Waals surface area contributed by atoms with Gasteiger partial charge in [0.2, 0.25) is 11.8 Å². The number of para-hydroxylation sites is 1. The van der Waals surface area contributed by atoms with Gasteiger partial charge in [0.25, 0.3) is 0 Å². The van der Waals surface area contributed by atoms with Crippen LogP contribution in [0.15, 0.2) is 91.6 Å². The van der Waals surface area contributed by atoms with E-state index in [0.29, 0.717) is 0 Å². The highest BCUT2D eigenvalue weighted by Gasteiger charge is 2.51. The van der Waals surface area contributed by atoms with Crippen LogP contribution in [-0.4, -0.2) is 79.7 Å². The molecule has 234 valence electrons. The van der Waals surface area contributed by atoms with Crippen LogP contribution in [0.4, 0.5) is 4.79 Å². The minimum atomic E-state index is -0.903. The number of thiol groups is 1. The lowest BCUT2D eigenvalue weighted by molar-refractivity contribution is -0.189. The van der Waals surface area contributed by atoms with Crippen LogP contribution >= 0.6 is 12.7 Å². The summed E-state index contributed by atoms with van der Waals surface area (Å²) in [5.74, 6) is 2.16. The van der Waals surface area contributed by atoms with Crippen LogP contribution in [0.1, 0.15) is 22.3 Å². The lowest BCUT2D eigenvalue weighted by atomic mass is 9.98. The second-order valence-electron chi connectivity index (χ2n) is 11.4. The van der Waals surface area contributed by atoms with E-state index in [9.17, 15) is 19.5 Å². The van der Waals surface area contributed by atoms with Crippen molar-refractivity contribution in [2.75, 3.05) is 19.6 Å². The minimum Gasteiger partial charge on any atom is -0.508 e. The van der Waals surface area contributed by atoms with Crippen LogP contribution < -0.4 is 5.32 Å². The second kappa shape index (κ2) is 13.0. The third-order valence-corrected chi connectivity index (χ3v) is 8.73. The number of aromatic hydroxyl groups is 1. The van der Waals surface area contributed by atoms with Crippen LogP contribution in [-0.2, 0) is 29.1 Å². The van der Waals surface area contributed by atoms with E-state index in [4.69, 9.17) is 7.55 Å². The molecule has 0 bridgehead atoms. The molecular weight excluding hydrogens is 600 g/mol. The number of piperazine rings is 1. The van der Waals surface area contributed by atoms with Gasteiger partial charge < -0.3 is 20.2 Å². The standard InChI is InChI=1S/C35H34N6O4S/c1-3-17-38-23-32(43)40-30(19-25-12-14-29(42)15-13-25)34(44)37(21-28-7-5-6-27-16-18-39(46)33(27)28)22-31(40)41(38)35(45)36-20-26-10-8-24(4-2)9-11-26/h2-3,5-16,18,30-31,42,46H,1,17,19-23H2,(H,36,45)/t30-,31-/m0/s1/i46T. The first-order chi connectivity index (χ1) is 22.8. The van der Waals surface area contributed by atoms with Crippen molar-refractivity contribution in [3.8, 4) is 18.1 Å². The van der Waals surface area contributed by atoms with Gasteiger partial charge in [-0.1, -0.05) is 67.2 Å². The molecule has 2 aliphatic heterocycles. The van der Waals surface area contributed by atoms with Crippen molar-refractivity contribution in [1.29, 1.82) is 1.12 Å². The van der Waals surface area contributed by atoms with Crippen LogP contribution in [0.3, 0.4) is 0 Å². The molecule has 10 nitrogen and oxygen atoms in total. The van der Waals surface area contributed by atoms with Gasteiger partial charge in [-0.15, -0.1) is 13.0 Å². The molecule has 46 heavy (non-hydrogen) atoms. The normalized spacial score (nSPS) is 18.7. The Kier molecular flexibility index (Phi) is 8.37. The molecule has 3 heterocycles. The summed E-state index contributed by atoms with van der Waals surface area (Å²) in [6.45, 7) is 4.48. The highest BCUT2D eigenvalue weighted by atomic mass is 32.1. The molecule has 2 aliphatic rings. The number of aromatic nitrogens is 1. The average Bonchev–Trinajstić information content (AvgIpc) is 3.51. The van der Waals surface area contributed by atoms with E-state index >= 15 is 0 Å². The third-order valence-electron chi connectivity index (χ3n) is 8.43. The molecule has 0 aliphatic carbocycles. The fourth-order valence-corrected chi connectivity index (χ4v) is 6.53. The molecule has 0 unspecified atom stereocenters. The molecule has 2 N–H and O–H groups in total. The molecule has 2 atom stereocenters. The maximum atomic E-state index is 14.3. The van der Waals surface area contributed by atoms with Gasteiger partial charge in [-0.25, -0.2) is 14.8 Å². The van der Waals surface area contributed by atoms with Gasteiger partial charge in [0, 0.05) is 43.2 Å². The molecule has 2 saturated heterocycles. The molecular formula is C35H34N6O4S. The van der Waals surface area contributed by atoms with Crippen LogP contribution in [0.2, 0.25) is 0 Å². The molecule has 0 radical (unpaired) electrons. The predicted octanol–water partition coefficient (Wildman–Crippen LogP) is 3.76. The van der Waals surface area contributed by atoms with E-state index in [-0.39, 0.29) is 56.7 Å². The van der Waals surface area contributed by atoms with Crippen molar-refractivity contribution >= 4 is 41.5 Å². The lowest BCUT2D eigenvalue weighted by Crippen LogP contribution is -2.76. The van der Waals surface area contributed by atoms with Crippen LogP contribution in [0.5, 0.6) is 5.75 Å². The van der Waals surface area contributed by atoms with E-state index in [1.165, 1.54) is 9.91 Å². The number of nitrogens with one attached hydrogen (secondary N) is 1. The molecule has 1 aromatic heterocycles. The van der Waals surface area contributed by atoms with Crippen molar-refractivity contribution in [3.63, 3.8) is 0 Å². The van der Waals surface area contributed by atoms with Crippen molar-refractivity contribution in [2.45, 2.75) is 31.7 Å². The first kappa shape index (κ1) is 29.5. The molecule has 0 saturated carbocycles. The number of terminal acetylenes is 1. The first-order valence-corrected chi connectivity index (χ1v) is 15.3. The Morgan fingerprint density at radius 2 is 1.87 bits per heavy atom. The van der Waals surface area contributed by atoms with Gasteiger partial charge in [0.15, 0.2) is 0 Å². The highest BCUT2D eigenvalue weighted by Crippen LogP contribution is 2.31. The number of hydrogen-bond donors (Lipinski definition) is 3. The Morgan fingerprint density at radius 1 is 1.11 bits per heavy atom. The Labute approximate surface area is 274 Å². The third kappa shape index (κ3) is 6.05. The van der Waals surface area contributed by atoms with Crippen LogP contribution in [0, 0.1) is 12.3 Å². The molecule has 11 heteroatoms. The fourth-order valence-electron chi connectivity index (χ4n) is 6.25. The van der Waals surface area contributed by atoms with Crippen molar-refractivity contribution in [2.24, 2.45) is 0 Å². The van der Waals surface area contributed by atoms with Crippen molar-refractivity contribution in [3.05, 3.63) is 114 Å². The summed E-state index contributed by atoms with van der Waals surface area (Å²) >= 11 is 0.823. The summed E-state index contributed by atoms with van der Waals surface area (Å²) in [7, 11) is 0. The molecule has 0 spiro atoms. The number of amides is 4. The van der Waals surface area contributed by atoms with E-state index in [2.05, 4.69) is 17.8 Å². The number of phenolic OH excluding ortho intramolecular Hbond substituents is 1. The highest BCUT2D eigenvalue weighted by molar-refractivity contribution is 7.78. The molecule has 2 fully saturated rings. The van der Waals surface area contributed by atoms with E-state index in [1.54, 1.807) is 44.2 Å². The number of carbonyl (C=O) groups excluding carboxylic acids is 3. The minimum absolute atomic E-state index is 0.0691. The average molecular weight is 637 g/mol. The molecule has 3 aromatic carbocycles. The lowest BCUT2D eigenvalue weighted by Gasteiger charge is -2.55. The second-order valence-corrected chi connectivity index (χ2v) is 11.8. The Bertz CT molecular complexity index is 1850. The number of hydrogen-bond acceptors (Lipinski definition) is 6. The Balaban J connectivity index is 1.36. The number of rotatable bonds is 9. The number of phenols is 1. The molecule has 4 amide bonds. The fraction of sp³-hybridized carbons (Fsp3) is 0.229. The predicted molar refractivity (Wildman–Crippen MR) is 178 cm³/mol. The van der Waals surface area contributed by atoms with E-state index in [0.717, 1.165) is 45.9 Å². The number of carbonyl (C=O) groups is 3. The number of nitrogens with zero attached hydrogens (tertiary/aromatic N) is 5. The summed E-state index contributed by atoms with van der Waals surface area (Å²) in [4.78, 5) is 45.4. The summed E-state index contributed by atoms with van der Waals surface area (Å²) in [5, 5.41) is 17.0. The van der Waals surface area contributed by atoms with Gasteiger partial charge in [-0.2, -0.15) is 0 Å². The number of fused-ring (bicyclic) bond motifs is 2. The smallest absolute Gasteiger partial charge is 0.334 e. The number of urea groups is 1. The Hall–Kier alpha value is -5.18. The molecule has 6 rings (SSSR count). The summed E-state index contributed by atoms with van der Waals surface area (Å²) in [6, 6.07) is 20.3. The summed E-state index contributed by atoms with van der Waals surface area (Å²) in [6.07, 6.45) is 8.32. The largest absolute Gasteiger partial charge is 0.508 e. The van der Waals surface area contributed by atoms with Gasteiger partial charge >= 0.3 is 6.03 Å². The van der Waals surface area contributed by atoms with Crippen molar-refractivity contribution in [1.82, 2.24) is 29.1 Å². The summed E-state index contributed by atoms with van der Waals surface area (Å²) in [5.41, 5.74) is 4.02.